The summed E-state index contributed by atoms with van der Waals surface area (Å²) in [7, 11) is 1.75. The number of benzene rings is 1. The molecule has 166 valence electrons. The van der Waals surface area contributed by atoms with Crippen molar-refractivity contribution in [1.29, 1.82) is 0 Å². The van der Waals surface area contributed by atoms with E-state index in [2.05, 4.69) is 15.5 Å². The molecule has 2 N–H and O–H groups in total. The quantitative estimate of drug-likeness (QED) is 0.627. The van der Waals surface area contributed by atoms with E-state index in [1.807, 2.05) is 30.3 Å². The largest absolute Gasteiger partial charge is 0.381 e. The van der Waals surface area contributed by atoms with E-state index in [0.717, 1.165) is 51.5 Å². The number of amides is 3. The number of urea groups is 1. The monoisotopic (exact) mass is 418 g/mol. The molecular weight excluding hydrogens is 384 g/mol. The third-order valence-corrected chi connectivity index (χ3v) is 5.77. The van der Waals surface area contributed by atoms with Crippen LogP contribution in [-0.4, -0.2) is 87.4 Å². The van der Waals surface area contributed by atoms with Crippen LogP contribution < -0.4 is 10.6 Å². The minimum atomic E-state index is -0.180. The topological polar surface area (TPSA) is 83.1 Å². The van der Waals surface area contributed by atoms with Gasteiger partial charge in [-0.1, -0.05) is 30.3 Å². The van der Waals surface area contributed by atoms with Crippen LogP contribution in [0.15, 0.2) is 30.3 Å². The third kappa shape index (κ3) is 6.97. The molecule has 2 aliphatic rings. The van der Waals surface area contributed by atoms with Crippen LogP contribution in [0.25, 0.3) is 0 Å². The molecule has 2 unspecified atom stereocenters. The summed E-state index contributed by atoms with van der Waals surface area (Å²) in [4.78, 5) is 28.6. The summed E-state index contributed by atoms with van der Waals surface area (Å²) in [5, 5.41) is 5.88. The van der Waals surface area contributed by atoms with Gasteiger partial charge in [-0.25, -0.2) is 4.79 Å². The highest BCUT2D eigenvalue weighted by molar-refractivity contribution is 5.78. The average molecular weight is 419 g/mol. The fraction of sp³-hybridized carbons (Fsp3) is 0.636. The van der Waals surface area contributed by atoms with Gasteiger partial charge in [-0.2, -0.15) is 0 Å². The predicted molar refractivity (Wildman–Crippen MR) is 114 cm³/mol. The van der Waals surface area contributed by atoms with Gasteiger partial charge in [0.05, 0.1) is 19.8 Å². The second-order valence-electron chi connectivity index (χ2n) is 7.97. The smallest absolute Gasteiger partial charge is 0.317 e. The Labute approximate surface area is 178 Å². The van der Waals surface area contributed by atoms with Crippen LogP contribution in [0.5, 0.6) is 0 Å². The van der Waals surface area contributed by atoms with Crippen molar-refractivity contribution < 1.29 is 19.1 Å². The molecule has 2 heterocycles. The number of nitrogens with zero attached hydrogens (tertiary/aromatic N) is 2. The first-order valence-corrected chi connectivity index (χ1v) is 10.8. The molecule has 30 heavy (non-hydrogen) atoms. The van der Waals surface area contributed by atoms with Crippen LogP contribution in [0.4, 0.5) is 4.79 Å². The minimum Gasteiger partial charge on any atom is -0.381 e. The Hall–Kier alpha value is -2.16. The van der Waals surface area contributed by atoms with Crippen molar-refractivity contribution in [2.45, 2.75) is 25.4 Å². The molecule has 1 aromatic rings. The number of carbonyl (C=O) groups excluding carboxylic acids is 2. The number of nitrogens with one attached hydrogen (secondary N) is 2. The molecule has 2 saturated heterocycles. The fourth-order valence-electron chi connectivity index (χ4n) is 4.01. The van der Waals surface area contributed by atoms with Crippen LogP contribution in [0.2, 0.25) is 0 Å². The van der Waals surface area contributed by atoms with Gasteiger partial charge in [0.2, 0.25) is 5.91 Å². The van der Waals surface area contributed by atoms with E-state index in [0.29, 0.717) is 25.6 Å². The molecule has 0 bridgehead atoms. The maximum Gasteiger partial charge on any atom is 0.317 e. The summed E-state index contributed by atoms with van der Waals surface area (Å²) < 4.78 is 11.0. The predicted octanol–water partition coefficient (Wildman–Crippen LogP) is 1.07. The highest BCUT2D eigenvalue weighted by Crippen LogP contribution is 2.21. The van der Waals surface area contributed by atoms with Crippen molar-refractivity contribution >= 4 is 11.9 Å². The SMILES string of the molecule is CN(Cc1ccccc1)C(=O)NCCC(=O)NCC(C1CCOC1)N1CCOCC1. The summed E-state index contributed by atoms with van der Waals surface area (Å²) in [5.74, 6) is 0.396. The zero-order chi connectivity index (χ0) is 21.2. The van der Waals surface area contributed by atoms with Crippen LogP contribution in [0, 0.1) is 5.92 Å². The molecule has 0 spiro atoms. The standard InChI is InChI=1S/C22H34N4O4/c1-25(16-18-5-3-2-4-6-18)22(28)23-9-7-21(27)24-15-20(19-8-12-30-17-19)26-10-13-29-14-11-26/h2-6,19-20H,7-17H2,1H3,(H,23,28)(H,24,27). The molecule has 2 atom stereocenters. The first-order valence-electron chi connectivity index (χ1n) is 10.8. The van der Waals surface area contributed by atoms with Crippen molar-refractivity contribution in [2.75, 3.05) is 59.7 Å². The van der Waals surface area contributed by atoms with Crippen LogP contribution in [0.3, 0.4) is 0 Å². The summed E-state index contributed by atoms with van der Waals surface area (Å²) >= 11 is 0. The van der Waals surface area contributed by atoms with Gasteiger partial charge in [-0.3, -0.25) is 9.69 Å². The van der Waals surface area contributed by atoms with E-state index in [1.165, 1.54) is 0 Å². The molecule has 0 radical (unpaired) electrons. The zero-order valence-corrected chi connectivity index (χ0v) is 17.8. The van der Waals surface area contributed by atoms with Gasteiger partial charge in [0.15, 0.2) is 0 Å². The molecule has 8 heteroatoms. The van der Waals surface area contributed by atoms with Crippen LogP contribution >= 0.6 is 0 Å². The maximum atomic E-state index is 12.3. The second-order valence-corrected chi connectivity index (χ2v) is 7.97. The lowest BCUT2D eigenvalue weighted by atomic mass is 9.97. The zero-order valence-electron chi connectivity index (χ0n) is 17.8. The van der Waals surface area contributed by atoms with Gasteiger partial charge >= 0.3 is 6.03 Å². The lowest BCUT2D eigenvalue weighted by Gasteiger charge is -2.37. The summed E-state index contributed by atoms with van der Waals surface area (Å²) in [5.41, 5.74) is 1.07. The Morgan fingerprint density at radius 1 is 1.13 bits per heavy atom. The van der Waals surface area contributed by atoms with Crippen molar-refractivity contribution in [3.63, 3.8) is 0 Å². The second kappa shape index (κ2) is 11.9. The maximum absolute atomic E-state index is 12.3. The molecule has 8 nitrogen and oxygen atoms in total. The van der Waals surface area contributed by atoms with Gasteiger partial charge in [-0.15, -0.1) is 0 Å². The molecular formula is C22H34N4O4. The van der Waals surface area contributed by atoms with Gasteiger partial charge in [0.1, 0.15) is 0 Å². The van der Waals surface area contributed by atoms with E-state index < -0.39 is 0 Å². The van der Waals surface area contributed by atoms with E-state index in [1.54, 1.807) is 11.9 Å². The van der Waals surface area contributed by atoms with Crippen molar-refractivity contribution in [3.8, 4) is 0 Å². The molecule has 2 aliphatic heterocycles. The molecule has 0 saturated carbocycles. The highest BCUT2D eigenvalue weighted by atomic mass is 16.5. The summed E-state index contributed by atoms with van der Waals surface area (Å²) in [6.45, 7) is 6.25. The first-order chi connectivity index (χ1) is 14.6. The molecule has 3 rings (SSSR count). The normalized spacial score (nSPS) is 20.5. The number of hydrogen-bond acceptors (Lipinski definition) is 5. The number of morpholine rings is 1. The van der Waals surface area contributed by atoms with E-state index in [9.17, 15) is 9.59 Å². The molecule has 3 amide bonds. The Morgan fingerprint density at radius 3 is 2.60 bits per heavy atom. The highest BCUT2D eigenvalue weighted by Gasteiger charge is 2.31. The van der Waals surface area contributed by atoms with Gasteiger partial charge in [0.25, 0.3) is 0 Å². The Morgan fingerprint density at radius 2 is 1.90 bits per heavy atom. The van der Waals surface area contributed by atoms with Gasteiger partial charge in [0, 0.05) is 64.8 Å². The molecule has 0 aliphatic carbocycles. The lowest BCUT2D eigenvalue weighted by molar-refractivity contribution is -0.121. The molecule has 2 fully saturated rings. The average Bonchev–Trinajstić information content (AvgIpc) is 3.30. The van der Waals surface area contributed by atoms with Crippen molar-refractivity contribution in [1.82, 2.24) is 20.4 Å². The van der Waals surface area contributed by atoms with Crippen LogP contribution in [0.1, 0.15) is 18.4 Å². The van der Waals surface area contributed by atoms with E-state index >= 15 is 0 Å². The number of rotatable bonds is 9. The molecule has 0 aromatic heterocycles. The first kappa shape index (κ1) is 22.5. The Bertz CT molecular complexity index is 660. The fourth-order valence-corrected chi connectivity index (χ4v) is 4.01. The van der Waals surface area contributed by atoms with E-state index in [-0.39, 0.29) is 24.4 Å². The number of hydrogen-bond donors (Lipinski definition) is 2. The van der Waals surface area contributed by atoms with Gasteiger partial charge in [-0.05, 0) is 12.0 Å². The third-order valence-electron chi connectivity index (χ3n) is 5.77. The van der Waals surface area contributed by atoms with E-state index in [4.69, 9.17) is 9.47 Å². The Balaban J connectivity index is 1.37. The summed E-state index contributed by atoms with van der Waals surface area (Å²) in [6, 6.07) is 9.91. The van der Waals surface area contributed by atoms with Crippen molar-refractivity contribution in [2.24, 2.45) is 5.92 Å². The summed E-state index contributed by atoms with van der Waals surface area (Å²) in [6.07, 6.45) is 1.30. The van der Waals surface area contributed by atoms with Crippen LogP contribution in [-0.2, 0) is 20.8 Å². The minimum absolute atomic E-state index is 0.0433. The Kier molecular flexibility index (Phi) is 8.92. The van der Waals surface area contributed by atoms with Gasteiger partial charge < -0.3 is 25.0 Å². The molecule has 1 aromatic carbocycles. The van der Waals surface area contributed by atoms with Crippen molar-refractivity contribution in [3.05, 3.63) is 35.9 Å². The number of ether oxygens (including phenoxy) is 2. The number of carbonyl (C=O) groups is 2. The lowest BCUT2D eigenvalue weighted by Crippen LogP contribution is -2.52.